The number of nitrogens with one attached hydrogen (secondary N) is 1. The predicted octanol–water partition coefficient (Wildman–Crippen LogP) is 2.13. The number of aliphatic hydroxyl groups excluding tert-OH is 1. The van der Waals surface area contributed by atoms with Crippen molar-refractivity contribution >= 4 is 11.7 Å². The Balaban J connectivity index is 2.19. The SMILES string of the molecule is Cc1ccc(C(=O)Nc2cccc(C#CCO)n2)c(F)c1. The van der Waals surface area contributed by atoms with E-state index in [1.165, 1.54) is 12.1 Å². The summed E-state index contributed by atoms with van der Waals surface area (Å²) in [4.78, 5) is 16.1. The number of aryl methyl sites for hydroxylation is 1. The number of carbonyl (C=O) groups is 1. The summed E-state index contributed by atoms with van der Waals surface area (Å²) < 4.78 is 13.7. The number of aliphatic hydroxyl groups is 1. The average molecular weight is 284 g/mol. The monoisotopic (exact) mass is 284 g/mol. The van der Waals surface area contributed by atoms with Gasteiger partial charge < -0.3 is 10.4 Å². The standard InChI is InChI=1S/C16H13FN2O2/c1-11-7-8-13(14(17)10-11)16(21)19-15-6-2-4-12(18-15)5-3-9-20/h2,4,6-8,10,20H,9H2,1H3,(H,18,19,21). The van der Waals surface area contributed by atoms with Crippen LogP contribution in [-0.2, 0) is 0 Å². The Labute approximate surface area is 121 Å². The van der Waals surface area contributed by atoms with Crippen molar-refractivity contribution in [1.29, 1.82) is 0 Å². The molecule has 1 aromatic carbocycles. The van der Waals surface area contributed by atoms with E-state index in [4.69, 9.17) is 5.11 Å². The molecule has 2 N–H and O–H groups in total. The van der Waals surface area contributed by atoms with Gasteiger partial charge in [0.05, 0.1) is 5.56 Å². The largest absolute Gasteiger partial charge is 0.384 e. The van der Waals surface area contributed by atoms with Crippen molar-refractivity contribution in [3.8, 4) is 11.8 Å². The Morgan fingerprint density at radius 2 is 2.19 bits per heavy atom. The highest BCUT2D eigenvalue weighted by Gasteiger charge is 2.12. The number of pyridine rings is 1. The van der Waals surface area contributed by atoms with Gasteiger partial charge in [-0.15, -0.1) is 0 Å². The summed E-state index contributed by atoms with van der Waals surface area (Å²) in [6, 6.07) is 9.27. The van der Waals surface area contributed by atoms with E-state index in [2.05, 4.69) is 22.1 Å². The first-order valence-corrected chi connectivity index (χ1v) is 6.24. The molecule has 1 aromatic heterocycles. The maximum atomic E-state index is 13.7. The minimum absolute atomic E-state index is 0.0470. The number of nitrogens with zero attached hydrogens (tertiary/aromatic N) is 1. The second kappa shape index (κ2) is 6.64. The summed E-state index contributed by atoms with van der Waals surface area (Å²) in [5.74, 6) is 4.20. The third-order valence-corrected chi connectivity index (χ3v) is 2.66. The van der Waals surface area contributed by atoms with Crippen LogP contribution in [0.15, 0.2) is 36.4 Å². The molecule has 0 aliphatic rings. The smallest absolute Gasteiger partial charge is 0.259 e. The molecule has 1 heterocycles. The molecule has 4 nitrogen and oxygen atoms in total. The van der Waals surface area contributed by atoms with Crippen LogP contribution in [0.5, 0.6) is 0 Å². The molecule has 106 valence electrons. The van der Waals surface area contributed by atoms with Gasteiger partial charge in [0.25, 0.3) is 5.91 Å². The molecule has 0 fully saturated rings. The van der Waals surface area contributed by atoms with E-state index in [1.54, 1.807) is 31.2 Å². The van der Waals surface area contributed by atoms with E-state index in [9.17, 15) is 9.18 Å². The quantitative estimate of drug-likeness (QED) is 0.830. The molecule has 21 heavy (non-hydrogen) atoms. The average Bonchev–Trinajstić information content (AvgIpc) is 2.45. The molecule has 0 saturated heterocycles. The maximum Gasteiger partial charge on any atom is 0.259 e. The van der Waals surface area contributed by atoms with Gasteiger partial charge in [-0.25, -0.2) is 9.37 Å². The summed E-state index contributed by atoms with van der Waals surface area (Å²) in [7, 11) is 0. The van der Waals surface area contributed by atoms with Crippen LogP contribution in [-0.4, -0.2) is 22.6 Å². The first kappa shape index (κ1) is 14.7. The van der Waals surface area contributed by atoms with Crippen LogP contribution in [0.3, 0.4) is 0 Å². The number of carbonyl (C=O) groups excluding carboxylic acids is 1. The lowest BCUT2D eigenvalue weighted by atomic mass is 10.1. The first-order chi connectivity index (χ1) is 10.1. The van der Waals surface area contributed by atoms with Gasteiger partial charge in [0.2, 0.25) is 0 Å². The maximum absolute atomic E-state index is 13.7. The Hall–Kier alpha value is -2.71. The molecule has 1 amide bonds. The van der Waals surface area contributed by atoms with E-state index in [0.29, 0.717) is 5.69 Å². The van der Waals surface area contributed by atoms with Crippen molar-refractivity contribution in [2.45, 2.75) is 6.92 Å². The highest BCUT2D eigenvalue weighted by atomic mass is 19.1. The van der Waals surface area contributed by atoms with Crippen LogP contribution in [0.4, 0.5) is 10.2 Å². The predicted molar refractivity (Wildman–Crippen MR) is 77.3 cm³/mol. The number of anilines is 1. The van der Waals surface area contributed by atoms with Gasteiger partial charge in [0.1, 0.15) is 23.9 Å². The Kier molecular flexibility index (Phi) is 4.64. The Morgan fingerprint density at radius 3 is 2.90 bits per heavy atom. The topological polar surface area (TPSA) is 62.2 Å². The number of aromatic nitrogens is 1. The highest BCUT2D eigenvalue weighted by Crippen LogP contribution is 2.12. The zero-order valence-electron chi connectivity index (χ0n) is 11.4. The van der Waals surface area contributed by atoms with Crippen molar-refractivity contribution in [3.63, 3.8) is 0 Å². The molecule has 2 rings (SSSR count). The van der Waals surface area contributed by atoms with Gasteiger partial charge in [0, 0.05) is 0 Å². The molecule has 0 radical (unpaired) electrons. The van der Waals surface area contributed by atoms with E-state index >= 15 is 0 Å². The Morgan fingerprint density at radius 1 is 1.38 bits per heavy atom. The zero-order valence-corrected chi connectivity index (χ0v) is 11.4. The van der Waals surface area contributed by atoms with E-state index < -0.39 is 11.7 Å². The molecule has 5 heteroatoms. The van der Waals surface area contributed by atoms with Crippen LogP contribution in [0.1, 0.15) is 21.6 Å². The normalized spacial score (nSPS) is 9.67. The van der Waals surface area contributed by atoms with Crippen LogP contribution in [0.2, 0.25) is 0 Å². The zero-order chi connectivity index (χ0) is 15.2. The summed E-state index contributed by atoms with van der Waals surface area (Å²) >= 11 is 0. The molecule has 0 saturated carbocycles. The second-order valence-electron chi connectivity index (χ2n) is 4.31. The van der Waals surface area contributed by atoms with Crippen LogP contribution in [0, 0.1) is 24.6 Å². The van der Waals surface area contributed by atoms with Gasteiger partial charge in [-0.2, -0.15) is 0 Å². The van der Waals surface area contributed by atoms with Crippen LogP contribution < -0.4 is 5.32 Å². The summed E-state index contributed by atoms with van der Waals surface area (Å²) in [5.41, 5.74) is 1.10. The summed E-state index contributed by atoms with van der Waals surface area (Å²) in [6.45, 7) is 1.47. The molecule has 0 unspecified atom stereocenters. The number of halogens is 1. The molecular formula is C16H13FN2O2. The van der Waals surface area contributed by atoms with Gasteiger partial charge >= 0.3 is 0 Å². The van der Waals surface area contributed by atoms with Crippen molar-refractivity contribution in [2.75, 3.05) is 11.9 Å². The summed E-state index contributed by atoms with van der Waals surface area (Å²) in [6.07, 6.45) is 0. The number of amides is 1. The fourth-order valence-corrected chi connectivity index (χ4v) is 1.69. The van der Waals surface area contributed by atoms with Crippen molar-refractivity contribution in [2.24, 2.45) is 0 Å². The van der Waals surface area contributed by atoms with Crippen molar-refractivity contribution in [1.82, 2.24) is 4.98 Å². The minimum Gasteiger partial charge on any atom is -0.384 e. The molecule has 0 bridgehead atoms. The highest BCUT2D eigenvalue weighted by molar-refractivity contribution is 6.04. The molecular weight excluding hydrogens is 271 g/mol. The number of hydrogen-bond acceptors (Lipinski definition) is 3. The third kappa shape index (κ3) is 3.88. The number of benzene rings is 1. The van der Waals surface area contributed by atoms with Gasteiger partial charge in [-0.3, -0.25) is 4.79 Å². The van der Waals surface area contributed by atoms with Gasteiger partial charge in [-0.05, 0) is 42.7 Å². The Bertz CT molecular complexity index is 733. The van der Waals surface area contributed by atoms with Crippen LogP contribution in [0.25, 0.3) is 0 Å². The lowest BCUT2D eigenvalue weighted by molar-refractivity contribution is 0.102. The molecule has 2 aromatic rings. The van der Waals surface area contributed by atoms with Crippen molar-refractivity contribution in [3.05, 3.63) is 59.0 Å². The molecule has 0 atom stereocenters. The van der Waals surface area contributed by atoms with Crippen molar-refractivity contribution < 1.29 is 14.3 Å². The fourth-order valence-electron chi connectivity index (χ4n) is 1.69. The fraction of sp³-hybridized carbons (Fsp3) is 0.125. The first-order valence-electron chi connectivity index (χ1n) is 6.24. The number of rotatable bonds is 2. The van der Waals surface area contributed by atoms with Crippen LogP contribution >= 0.6 is 0 Å². The van der Waals surface area contributed by atoms with Gasteiger partial charge in [-0.1, -0.05) is 18.1 Å². The van der Waals surface area contributed by atoms with E-state index in [1.807, 2.05) is 0 Å². The molecule has 0 aliphatic heterocycles. The third-order valence-electron chi connectivity index (χ3n) is 2.66. The minimum atomic E-state index is -0.580. The van der Waals surface area contributed by atoms with Gasteiger partial charge in [0.15, 0.2) is 0 Å². The molecule has 0 spiro atoms. The second-order valence-corrected chi connectivity index (χ2v) is 4.31. The number of hydrogen-bond donors (Lipinski definition) is 2. The van der Waals surface area contributed by atoms with E-state index in [-0.39, 0.29) is 18.0 Å². The lowest BCUT2D eigenvalue weighted by Crippen LogP contribution is -2.15. The summed E-state index contributed by atoms with van der Waals surface area (Å²) in [5, 5.41) is 11.1. The lowest BCUT2D eigenvalue weighted by Gasteiger charge is -2.06. The molecule has 0 aliphatic carbocycles. The van der Waals surface area contributed by atoms with E-state index in [0.717, 1.165) is 5.56 Å².